The summed E-state index contributed by atoms with van der Waals surface area (Å²) in [5.74, 6) is 0.473. The topological polar surface area (TPSA) is 92.7 Å². The average Bonchev–Trinajstić information content (AvgIpc) is 2.41. The number of rotatable bonds is 3. The first-order valence-electron chi connectivity index (χ1n) is 4.98. The third kappa shape index (κ3) is 2.98. The van der Waals surface area contributed by atoms with Crippen LogP contribution in [0.1, 0.15) is 10.5 Å². The summed E-state index contributed by atoms with van der Waals surface area (Å²) in [6.45, 7) is 0. The predicted molar refractivity (Wildman–Crippen MR) is 69.3 cm³/mol. The Kier molecular flexibility index (Phi) is 3.78. The SMILES string of the molecule is CNc1cncc(C(=O)Nc2cnc(Br)cn2)n1. The zero-order valence-electron chi connectivity index (χ0n) is 9.38. The van der Waals surface area contributed by atoms with Gasteiger partial charge in [0, 0.05) is 7.05 Å². The third-order valence-electron chi connectivity index (χ3n) is 1.99. The molecular formula is C10H9BrN6O. The van der Waals surface area contributed by atoms with Crippen LogP contribution in [-0.2, 0) is 0 Å². The van der Waals surface area contributed by atoms with E-state index in [2.05, 4.69) is 46.5 Å². The van der Waals surface area contributed by atoms with Crippen LogP contribution in [0, 0.1) is 0 Å². The van der Waals surface area contributed by atoms with Gasteiger partial charge in [0.25, 0.3) is 5.91 Å². The van der Waals surface area contributed by atoms with Crippen molar-refractivity contribution in [1.29, 1.82) is 0 Å². The van der Waals surface area contributed by atoms with E-state index >= 15 is 0 Å². The molecule has 0 spiro atoms. The van der Waals surface area contributed by atoms with Crippen LogP contribution in [-0.4, -0.2) is 32.9 Å². The monoisotopic (exact) mass is 308 g/mol. The lowest BCUT2D eigenvalue weighted by Crippen LogP contribution is -2.15. The number of halogens is 1. The smallest absolute Gasteiger partial charge is 0.277 e. The normalized spacial score (nSPS) is 9.89. The van der Waals surface area contributed by atoms with Gasteiger partial charge in [0.1, 0.15) is 16.1 Å². The molecular weight excluding hydrogens is 300 g/mol. The molecule has 0 aliphatic rings. The van der Waals surface area contributed by atoms with Crippen molar-refractivity contribution in [1.82, 2.24) is 19.9 Å². The molecule has 0 aliphatic carbocycles. The molecule has 0 bridgehead atoms. The standard InChI is InChI=1S/C10H9BrN6O/c1-12-8-4-13-2-6(16-8)10(18)17-9-5-14-7(11)3-15-9/h2-5H,1H3,(H,12,16)(H,15,17,18). The Morgan fingerprint density at radius 1 is 1.17 bits per heavy atom. The highest BCUT2D eigenvalue weighted by Crippen LogP contribution is 2.08. The van der Waals surface area contributed by atoms with Gasteiger partial charge in [-0.2, -0.15) is 0 Å². The van der Waals surface area contributed by atoms with Crippen molar-refractivity contribution < 1.29 is 4.79 Å². The molecule has 0 atom stereocenters. The minimum absolute atomic E-state index is 0.201. The number of carbonyl (C=O) groups excluding carboxylic acids is 1. The lowest BCUT2D eigenvalue weighted by molar-refractivity contribution is 0.102. The molecule has 2 aromatic rings. The van der Waals surface area contributed by atoms with Crippen molar-refractivity contribution in [3.05, 3.63) is 35.1 Å². The summed E-state index contributed by atoms with van der Waals surface area (Å²) >= 11 is 3.16. The summed E-state index contributed by atoms with van der Waals surface area (Å²) < 4.78 is 0.595. The maximum atomic E-state index is 11.8. The highest BCUT2D eigenvalue weighted by Gasteiger charge is 2.09. The van der Waals surface area contributed by atoms with Crippen molar-refractivity contribution in [2.75, 3.05) is 17.7 Å². The number of amides is 1. The number of nitrogens with zero attached hydrogens (tertiary/aromatic N) is 4. The van der Waals surface area contributed by atoms with Crippen LogP contribution in [0.25, 0.3) is 0 Å². The van der Waals surface area contributed by atoms with Crippen molar-refractivity contribution >= 4 is 33.5 Å². The quantitative estimate of drug-likeness (QED) is 0.888. The fraction of sp³-hybridized carbons (Fsp3) is 0.100. The van der Waals surface area contributed by atoms with Gasteiger partial charge in [-0.1, -0.05) is 0 Å². The molecule has 2 aromatic heterocycles. The highest BCUT2D eigenvalue weighted by atomic mass is 79.9. The van der Waals surface area contributed by atoms with Crippen molar-refractivity contribution in [2.24, 2.45) is 0 Å². The van der Waals surface area contributed by atoms with Crippen LogP contribution >= 0.6 is 15.9 Å². The molecule has 0 saturated carbocycles. The van der Waals surface area contributed by atoms with Crippen LogP contribution in [0.5, 0.6) is 0 Å². The van der Waals surface area contributed by atoms with Crippen LogP contribution in [0.2, 0.25) is 0 Å². The maximum absolute atomic E-state index is 11.8. The second-order valence-corrected chi connectivity index (χ2v) is 4.03. The molecule has 8 heteroatoms. The summed E-state index contributed by atoms with van der Waals surface area (Å²) in [4.78, 5) is 27.7. The van der Waals surface area contributed by atoms with Crippen molar-refractivity contribution in [3.63, 3.8) is 0 Å². The molecule has 1 amide bonds. The molecule has 2 heterocycles. The van der Waals surface area contributed by atoms with Gasteiger partial charge in [-0.25, -0.2) is 15.0 Å². The van der Waals surface area contributed by atoms with E-state index in [0.717, 1.165) is 0 Å². The van der Waals surface area contributed by atoms with E-state index in [1.807, 2.05) is 0 Å². The number of hydrogen-bond acceptors (Lipinski definition) is 6. The molecule has 92 valence electrons. The van der Waals surface area contributed by atoms with Crippen LogP contribution < -0.4 is 10.6 Å². The van der Waals surface area contributed by atoms with Gasteiger partial charge in [0.2, 0.25) is 0 Å². The lowest BCUT2D eigenvalue weighted by Gasteiger charge is -2.04. The number of nitrogens with one attached hydrogen (secondary N) is 2. The molecule has 2 rings (SSSR count). The van der Waals surface area contributed by atoms with E-state index in [0.29, 0.717) is 16.2 Å². The molecule has 2 N–H and O–H groups in total. The second-order valence-electron chi connectivity index (χ2n) is 3.22. The van der Waals surface area contributed by atoms with Gasteiger partial charge < -0.3 is 10.6 Å². The third-order valence-corrected chi connectivity index (χ3v) is 2.39. The first-order valence-corrected chi connectivity index (χ1v) is 5.77. The van der Waals surface area contributed by atoms with E-state index in [-0.39, 0.29) is 5.69 Å². The Morgan fingerprint density at radius 3 is 2.67 bits per heavy atom. The fourth-order valence-electron chi connectivity index (χ4n) is 1.15. The minimum atomic E-state index is -0.392. The summed E-state index contributed by atoms with van der Waals surface area (Å²) in [5, 5.41) is 5.38. The van der Waals surface area contributed by atoms with E-state index in [1.54, 1.807) is 7.05 Å². The van der Waals surface area contributed by atoms with Crippen LogP contribution in [0.4, 0.5) is 11.6 Å². The summed E-state index contributed by atoms with van der Waals surface area (Å²) in [6.07, 6.45) is 5.83. The van der Waals surface area contributed by atoms with Gasteiger partial charge in [-0.15, -0.1) is 0 Å². The molecule has 0 aliphatic heterocycles. The Balaban J connectivity index is 2.14. The lowest BCUT2D eigenvalue weighted by atomic mass is 10.4. The zero-order valence-corrected chi connectivity index (χ0v) is 11.0. The van der Waals surface area contributed by atoms with Crippen molar-refractivity contribution in [2.45, 2.75) is 0 Å². The predicted octanol–water partition coefficient (Wildman–Crippen LogP) is 1.32. The first-order chi connectivity index (χ1) is 8.69. The number of carbonyl (C=O) groups is 1. The molecule has 0 unspecified atom stereocenters. The second kappa shape index (κ2) is 5.50. The Hall–Kier alpha value is -2.09. The van der Waals surface area contributed by atoms with Gasteiger partial charge >= 0.3 is 0 Å². The maximum Gasteiger partial charge on any atom is 0.277 e. The number of aromatic nitrogens is 4. The summed E-state index contributed by atoms with van der Waals surface area (Å²) in [7, 11) is 1.70. The molecule has 0 fully saturated rings. The average molecular weight is 309 g/mol. The molecule has 0 aromatic carbocycles. The van der Waals surface area contributed by atoms with Crippen molar-refractivity contribution in [3.8, 4) is 0 Å². The van der Waals surface area contributed by atoms with Gasteiger partial charge in [-0.3, -0.25) is 9.78 Å². The van der Waals surface area contributed by atoms with Gasteiger partial charge in [0.15, 0.2) is 5.82 Å². The Labute approximate surface area is 111 Å². The zero-order chi connectivity index (χ0) is 13.0. The fourth-order valence-corrected chi connectivity index (χ4v) is 1.36. The molecule has 0 saturated heterocycles. The number of anilines is 2. The Morgan fingerprint density at radius 2 is 2.00 bits per heavy atom. The van der Waals surface area contributed by atoms with E-state index in [9.17, 15) is 4.79 Å². The molecule has 7 nitrogen and oxygen atoms in total. The summed E-state index contributed by atoms with van der Waals surface area (Å²) in [5.41, 5.74) is 0.201. The van der Waals surface area contributed by atoms with E-state index < -0.39 is 5.91 Å². The first kappa shape index (κ1) is 12.4. The van der Waals surface area contributed by atoms with Gasteiger partial charge in [0.05, 0.1) is 24.8 Å². The summed E-state index contributed by atoms with van der Waals surface area (Å²) in [6, 6.07) is 0. The van der Waals surface area contributed by atoms with E-state index in [1.165, 1.54) is 24.8 Å². The largest absolute Gasteiger partial charge is 0.372 e. The highest BCUT2D eigenvalue weighted by molar-refractivity contribution is 9.10. The van der Waals surface area contributed by atoms with Gasteiger partial charge in [-0.05, 0) is 15.9 Å². The van der Waals surface area contributed by atoms with Crippen LogP contribution in [0.15, 0.2) is 29.4 Å². The molecule has 18 heavy (non-hydrogen) atoms. The Bertz CT molecular complexity index is 559. The minimum Gasteiger partial charge on any atom is -0.372 e. The number of hydrogen-bond donors (Lipinski definition) is 2. The molecule has 0 radical (unpaired) electrons. The van der Waals surface area contributed by atoms with E-state index in [4.69, 9.17) is 0 Å². The van der Waals surface area contributed by atoms with Crippen LogP contribution in [0.3, 0.4) is 0 Å².